The molecule has 5 rings (SSSR count). The first-order valence-electron chi connectivity index (χ1n) is 11.2. The maximum atomic E-state index is 13.3. The van der Waals surface area contributed by atoms with Gasteiger partial charge in [-0.2, -0.15) is 0 Å². The van der Waals surface area contributed by atoms with Gasteiger partial charge in [-0.15, -0.1) is 0 Å². The highest BCUT2D eigenvalue weighted by Gasteiger charge is 2.48. The van der Waals surface area contributed by atoms with E-state index in [0.717, 1.165) is 11.3 Å². The number of nitrogens with zero attached hydrogens (tertiary/aromatic N) is 2. The zero-order valence-corrected chi connectivity index (χ0v) is 18.9. The molecule has 0 saturated carbocycles. The highest BCUT2D eigenvalue weighted by molar-refractivity contribution is 6.51. The van der Waals surface area contributed by atoms with E-state index in [4.69, 9.17) is 9.47 Å². The lowest BCUT2D eigenvalue weighted by atomic mass is 9.94. The molecule has 1 aromatic heterocycles. The molecule has 0 spiro atoms. The van der Waals surface area contributed by atoms with Crippen molar-refractivity contribution in [1.82, 2.24) is 4.98 Å². The number of aromatic nitrogens is 1. The lowest BCUT2D eigenvalue weighted by molar-refractivity contribution is -0.132. The van der Waals surface area contributed by atoms with Gasteiger partial charge in [0.15, 0.2) is 0 Å². The Morgan fingerprint density at radius 2 is 1.94 bits per heavy atom. The fourth-order valence-electron chi connectivity index (χ4n) is 4.58. The molecule has 172 valence electrons. The van der Waals surface area contributed by atoms with Gasteiger partial charge in [-0.3, -0.25) is 14.5 Å². The minimum atomic E-state index is -0.902. The van der Waals surface area contributed by atoms with Gasteiger partial charge >= 0.3 is 5.91 Å². The van der Waals surface area contributed by atoms with E-state index in [1.807, 2.05) is 32.0 Å². The van der Waals surface area contributed by atoms with Crippen molar-refractivity contribution in [2.75, 3.05) is 11.5 Å². The second-order valence-electron chi connectivity index (χ2n) is 8.28. The molecule has 3 aromatic rings. The van der Waals surface area contributed by atoms with Crippen LogP contribution in [0.5, 0.6) is 11.5 Å². The van der Waals surface area contributed by atoms with E-state index in [9.17, 15) is 14.7 Å². The van der Waals surface area contributed by atoms with Crippen LogP contribution in [0.2, 0.25) is 0 Å². The number of hydrogen-bond acceptors (Lipinski definition) is 6. The predicted molar refractivity (Wildman–Crippen MR) is 127 cm³/mol. The van der Waals surface area contributed by atoms with Crippen LogP contribution in [0.15, 0.2) is 72.4 Å². The first kappa shape index (κ1) is 21.7. The molecule has 7 nitrogen and oxygen atoms in total. The quantitative estimate of drug-likeness (QED) is 0.347. The number of ether oxygens (including phenoxy) is 2. The third-order valence-electron chi connectivity index (χ3n) is 6.02. The van der Waals surface area contributed by atoms with Crippen molar-refractivity contribution in [1.29, 1.82) is 0 Å². The van der Waals surface area contributed by atoms with Gasteiger partial charge < -0.3 is 14.6 Å². The Balaban J connectivity index is 1.71. The fraction of sp³-hybridized carbons (Fsp3) is 0.222. The number of hydrogen-bond donors (Lipinski definition) is 1. The molecular weight excluding hydrogens is 432 g/mol. The molecule has 2 unspecified atom stereocenters. The van der Waals surface area contributed by atoms with E-state index in [1.54, 1.807) is 48.7 Å². The molecule has 0 aliphatic carbocycles. The molecular formula is C27H24N2O5. The highest BCUT2D eigenvalue weighted by atomic mass is 16.5. The second kappa shape index (κ2) is 8.67. The Labute approximate surface area is 197 Å². The highest BCUT2D eigenvalue weighted by Crippen LogP contribution is 2.44. The number of anilines is 1. The topological polar surface area (TPSA) is 89.0 Å². The van der Waals surface area contributed by atoms with Crippen LogP contribution in [-0.2, 0) is 16.0 Å². The predicted octanol–water partition coefficient (Wildman–Crippen LogP) is 4.43. The van der Waals surface area contributed by atoms with Crippen molar-refractivity contribution in [3.63, 3.8) is 0 Å². The molecule has 1 N–H and O–H groups in total. The van der Waals surface area contributed by atoms with Crippen molar-refractivity contribution in [2.24, 2.45) is 0 Å². The largest absolute Gasteiger partial charge is 0.507 e. The van der Waals surface area contributed by atoms with Crippen molar-refractivity contribution in [2.45, 2.75) is 32.4 Å². The number of aliphatic hydroxyl groups excluding tert-OH is 1. The van der Waals surface area contributed by atoms with E-state index in [0.29, 0.717) is 35.7 Å². The monoisotopic (exact) mass is 456 g/mol. The molecule has 2 aromatic carbocycles. The van der Waals surface area contributed by atoms with Crippen LogP contribution in [0.1, 0.15) is 36.6 Å². The van der Waals surface area contributed by atoms with Gasteiger partial charge in [0.05, 0.1) is 12.2 Å². The lowest BCUT2D eigenvalue weighted by Gasteiger charge is -2.26. The molecule has 0 bridgehead atoms. The number of carbonyl (C=O) groups is 2. The van der Waals surface area contributed by atoms with Crippen molar-refractivity contribution in [3.8, 4) is 11.5 Å². The second-order valence-corrected chi connectivity index (χ2v) is 8.28. The number of rotatable bonds is 5. The first-order chi connectivity index (χ1) is 16.5. The summed E-state index contributed by atoms with van der Waals surface area (Å²) >= 11 is 0. The Morgan fingerprint density at radius 3 is 2.71 bits per heavy atom. The first-order valence-corrected chi connectivity index (χ1v) is 11.2. The lowest BCUT2D eigenvalue weighted by Crippen LogP contribution is -2.30. The molecule has 3 heterocycles. The Kier molecular flexibility index (Phi) is 5.53. The number of ketones is 1. The summed E-state index contributed by atoms with van der Waals surface area (Å²) in [6.45, 7) is 4.24. The molecule has 7 heteroatoms. The average molecular weight is 456 g/mol. The summed E-state index contributed by atoms with van der Waals surface area (Å²) in [5, 5.41) is 11.4. The summed E-state index contributed by atoms with van der Waals surface area (Å²) in [4.78, 5) is 32.2. The average Bonchev–Trinajstić information content (AvgIpc) is 3.35. The Hall–Kier alpha value is -4.13. The van der Waals surface area contributed by atoms with Crippen LogP contribution in [-0.4, -0.2) is 34.5 Å². The minimum absolute atomic E-state index is 0.00489. The minimum Gasteiger partial charge on any atom is -0.507 e. The number of aliphatic hydroxyl groups is 1. The van der Waals surface area contributed by atoms with Crippen molar-refractivity contribution >= 4 is 23.3 Å². The Bertz CT molecular complexity index is 1300. The number of amides is 1. The van der Waals surface area contributed by atoms with Gasteiger partial charge in [-0.25, -0.2) is 4.98 Å². The van der Waals surface area contributed by atoms with Crippen LogP contribution >= 0.6 is 0 Å². The summed E-state index contributed by atoms with van der Waals surface area (Å²) in [5.74, 6) is -0.165. The van der Waals surface area contributed by atoms with Crippen LogP contribution in [0.4, 0.5) is 5.82 Å². The molecule has 2 atom stereocenters. The number of Topliss-reactive ketones (excluding diaryl/α,β-unsaturated/α-hetero) is 1. The molecule has 34 heavy (non-hydrogen) atoms. The number of para-hydroxylation sites is 1. The zero-order chi connectivity index (χ0) is 23.8. The molecule has 1 saturated heterocycles. The summed E-state index contributed by atoms with van der Waals surface area (Å²) in [6.07, 6.45) is 2.30. The van der Waals surface area contributed by atoms with Gasteiger partial charge in [-0.05, 0) is 55.8 Å². The van der Waals surface area contributed by atoms with Crippen LogP contribution < -0.4 is 14.4 Å². The van der Waals surface area contributed by atoms with Crippen LogP contribution in [0.3, 0.4) is 0 Å². The van der Waals surface area contributed by atoms with Gasteiger partial charge in [0.2, 0.25) is 0 Å². The molecule has 1 amide bonds. The third kappa shape index (κ3) is 3.59. The summed E-state index contributed by atoms with van der Waals surface area (Å²) in [6, 6.07) is 16.7. The zero-order valence-electron chi connectivity index (χ0n) is 18.9. The normalized spacial score (nSPS) is 20.8. The summed E-state index contributed by atoms with van der Waals surface area (Å²) < 4.78 is 11.6. The van der Waals surface area contributed by atoms with E-state index in [-0.39, 0.29) is 17.4 Å². The van der Waals surface area contributed by atoms with E-state index in [2.05, 4.69) is 4.98 Å². The number of benzene rings is 2. The maximum absolute atomic E-state index is 13.3. The molecule has 1 fully saturated rings. The Morgan fingerprint density at radius 1 is 1.15 bits per heavy atom. The number of carbonyl (C=O) groups excluding carboxylic acids is 2. The third-order valence-corrected chi connectivity index (χ3v) is 6.02. The number of pyridine rings is 1. The van der Waals surface area contributed by atoms with E-state index < -0.39 is 17.7 Å². The van der Waals surface area contributed by atoms with Crippen LogP contribution in [0, 0.1) is 0 Å². The van der Waals surface area contributed by atoms with Gasteiger partial charge in [0.25, 0.3) is 5.78 Å². The molecule has 2 aliphatic rings. The van der Waals surface area contributed by atoms with Crippen molar-refractivity contribution < 1.29 is 24.2 Å². The fourth-order valence-corrected chi connectivity index (χ4v) is 4.58. The van der Waals surface area contributed by atoms with E-state index >= 15 is 0 Å². The SMILES string of the molecule is CCOc1ccccc1C1/C(=C(\O)c2ccc3c(c2)CC(C)O3)C(=O)C(=O)N1c1ccccn1. The van der Waals surface area contributed by atoms with Gasteiger partial charge in [0.1, 0.15) is 35.2 Å². The van der Waals surface area contributed by atoms with Gasteiger partial charge in [0, 0.05) is 23.7 Å². The molecule has 2 aliphatic heterocycles. The standard InChI is InChI=1S/C27H24N2O5/c1-3-33-21-9-5-4-8-19(21)24-23(26(31)27(32)29(24)22-10-6-7-13-28-22)25(30)17-11-12-20-18(15-17)14-16(2)34-20/h4-13,15-16,24,30H,3,14H2,1-2H3/b25-23+. The summed E-state index contributed by atoms with van der Waals surface area (Å²) in [7, 11) is 0. The maximum Gasteiger partial charge on any atom is 0.301 e. The summed E-state index contributed by atoms with van der Waals surface area (Å²) in [5.41, 5.74) is 1.99. The van der Waals surface area contributed by atoms with Gasteiger partial charge in [-0.1, -0.05) is 24.3 Å². The van der Waals surface area contributed by atoms with Crippen molar-refractivity contribution in [3.05, 3.63) is 89.1 Å². The van der Waals surface area contributed by atoms with Crippen LogP contribution in [0.25, 0.3) is 5.76 Å². The van der Waals surface area contributed by atoms with E-state index in [1.165, 1.54) is 4.90 Å². The molecule has 0 radical (unpaired) electrons. The number of fused-ring (bicyclic) bond motifs is 1. The smallest absolute Gasteiger partial charge is 0.301 e.